The van der Waals surface area contributed by atoms with Crippen LogP contribution in [0.1, 0.15) is 80.9 Å². The highest BCUT2D eigenvalue weighted by Crippen LogP contribution is 2.43. The molecular formula is C43H51N2O3+. The molecule has 0 spiro atoms. The lowest BCUT2D eigenvalue weighted by molar-refractivity contribution is -0.143. The lowest BCUT2D eigenvalue weighted by Gasteiger charge is -2.34. The molecule has 250 valence electrons. The molecule has 1 aromatic heterocycles. The van der Waals surface area contributed by atoms with E-state index in [0.717, 1.165) is 60.2 Å². The second-order valence-electron chi connectivity index (χ2n) is 13.9. The Morgan fingerprint density at radius 2 is 1.33 bits per heavy atom. The van der Waals surface area contributed by atoms with Gasteiger partial charge in [0.1, 0.15) is 17.1 Å². The van der Waals surface area contributed by atoms with Crippen LogP contribution in [0, 0.1) is 11.8 Å². The number of ketones is 1. The standard InChI is InChI=1S/C43H51N2O3/c1-7-48-42(46)17-10-11-26-44-30-40(39-15-8-9-16-41(39)44)43(47)35-13-12-14-38(29-35)45(6,36-22-18-33(19-23-36)27-31(2)3)37-24-20-34(21-25-37)28-32(4)5/h8-9,12-16,18-25,29-32H,7,10-11,17,26-28H2,1-6H3/q+1. The van der Waals surface area contributed by atoms with Crippen molar-refractivity contribution in [1.29, 1.82) is 0 Å². The lowest BCUT2D eigenvalue weighted by Crippen LogP contribution is -2.34. The number of unbranched alkanes of at least 4 members (excludes halogenated alkanes) is 1. The van der Waals surface area contributed by atoms with Crippen molar-refractivity contribution in [2.75, 3.05) is 13.7 Å². The summed E-state index contributed by atoms with van der Waals surface area (Å²) in [5.41, 5.74) is 8.34. The fourth-order valence-corrected chi connectivity index (χ4v) is 6.73. The molecule has 5 aromatic rings. The number of esters is 1. The van der Waals surface area contributed by atoms with Crippen LogP contribution in [-0.4, -0.2) is 30.0 Å². The van der Waals surface area contributed by atoms with E-state index >= 15 is 0 Å². The minimum Gasteiger partial charge on any atom is -0.466 e. The predicted molar refractivity (Wildman–Crippen MR) is 199 cm³/mol. The van der Waals surface area contributed by atoms with E-state index in [1.165, 1.54) is 11.1 Å². The molecule has 48 heavy (non-hydrogen) atoms. The highest BCUT2D eigenvalue weighted by Gasteiger charge is 2.32. The zero-order chi connectivity index (χ0) is 34.3. The van der Waals surface area contributed by atoms with Crippen molar-refractivity contribution in [3.63, 3.8) is 0 Å². The van der Waals surface area contributed by atoms with E-state index in [2.05, 4.69) is 106 Å². The molecule has 0 saturated carbocycles. The van der Waals surface area contributed by atoms with E-state index in [-0.39, 0.29) is 11.8 Å². The van der Waals surface area contributed by atoms with Crippen molar-refractivity contribution in [2.45, 2.75) is 73.3 Å². The van der Waals surface area contributed by atoms with Crippen LogP contribution in [0.5, 0.6) is 0 Å². The van der Waals surface area contributed by atoms with Gasteiger partial charge in [-0.05, 0) is 61.6 Å². The van der Waals surface area contributed by atoms with Gasteiger partial charge in [0.2, 0.25) is 0 Å². The van der Waals surface area contributed by atoms with Gasteiger partial charge in [-0.25, -0.2) is 4.48 Å². The van der Waals surface area contributed by atoms with Crippen molar-refractivity contribution < 1.29 is 14.3 Å². The number of quaternary nitrogens is 1. The van der Waals surface area contributed by atoms with Gasteiger partial charge in [-0.1, -0.05) is 82.3 Å². The zero-order valence-electron chi connectivity index (χ0n) is 29.5. The third-order valence-corrected chi connectivity index (χ3v) is 9.19. The molecule has 5 heteroatoms. The maximum Gasteiger partial charge on any atom is 0.305 e. The zero-order valence-corrected chi connectivity index (χ0v) is 29.5. The summed E-state index contributed by atoms with van der Waals surface area (Å²) < 4.78 is 7.67. The summed E-state index contributed by atoms with van der Waals surface area (Å²) in [5.74, 6) is 1.02. The highest BCUT2D eigenvalue weighted by molar-refractivity contribution is 6.16. The fourth-order valence-electron chi connectivity index (χ4n) is 6.73. The molecule has 0 aliphatic rings. The number of hydrogen-bond acceptors (Lipinski definition) is 3. The van der Waals surface area contributed by atoms with Crippen LogP contribution in [0.2, 0.25) is 0 Å². The molecule has 4 aromatic carbocycles. The van der Waals surface area contributed by atoms with Gasteiger partial charge >= 0.3 is 5.97 Å². The van der Waals surface area contributed by atoms with Gasteiger partial charge < -0.3 is 9.30 Å². The van der Waals surface area contributed by atoms with Crippen molar-refractivity contribution in [1.82, 2.24) is 9.05 Å². The number of carbonyl (C=O) groups is 2. The van der Waals surface area contributed by atoms with E-state index in [1.807, 2.05) is 43.5 Å². The molecule has 5 nitrogen and oxygen atoms in total. The number of para-hydroxylation sites is 1. The summed E-state index contributed by atoms with van der Waals surface area (Å²) in [6.07, 6.45) is 6.03. The summed E-state index contributed by atoms with van der Waals surface area (Å²) in [6.45, 7) is 12.0. The second-order valence-corrected chi connectivity index (χ2v) is 13.9. The summed E-state index contributed by atoms with van der Waals surface area (Å²) in [7, 11) is 2.22. The van der Waals surface area contributed by atoms with E-state index < -0.39 is 0 Å². The average Bonchev–Trinajstić information content (AvgIpc) is 3.45. The summed E-state index contributed by atoms with van der Waals surface area (Å²) >= 11 is 0. The maximum absolute atomic E-state index is 14.3. The highest BCUT2D eigenvalue weighted by atomic mass is 16.5. The van der Waals surface area contributed by atoms with E-state index in [0.29, 0.717) is 40.5 Å². The molecule has 0 atom stereocenters. The Morgan fingerprint density at radius 3 is 1.92 bits per heavy atom. The molecule has 1 heterocycles. The first kappa shape index (κ1) is 34.8. The van der Waals surface area contributed by atoms with Gasteiger partial charge in [0.15, 0.2) is 5.78 Å². The van der Waals surface area contributed by atoms with E-state index in [9.17, 15) is 9.59 Å². The summed E-state index contributed by atoms with van der Waals surface area (Å²) in [6, 6.07) is 34.2. The Hall–Kier alpha value is -4.48. The van der Waals surface area contributed by atoms with Crippen LogP contribution >= 0.6 is 0 Å². The molecule has 0 aliphatic carbocycles. The average molecular weight is 644 g/mol. The Labute approximate surface area is 286 Å². The smallest absolute Gasteiger partial charge is 0.305 e. The predicted octanol–water partition coefficient (Wildman–Crippen LogP) is 10.6. The van der Waals surface area contributed by atoms with Gasteiger partial charge in [-0.3, -0.25) is 9.59 Å². The lowest BCUT2D eigenvalue weighted by atomic mass is 9.99. The van der Waals surface area contributed by atoms with Gasteiger partial charge in [-0.2, -0.15) is 0 Å². The quantitative estimate of drug-likeness (QED) is 0.0494. The monoisotopic (exact) mass is 643 g/mol. The summed E-state index contributed by atoms with van der Waals surface area (Å²) in [4.78, 5) is 26.2. The number of aromatic nitrogens is 1. The molecule has 0 unspecified atom stereocenters. The normalized spacial score (nSPS) is 11.8. The number of ether oxygens (including phenoxy) is 1. The molecule has 0 saturated heterocycles. The molecule has 5 rings (SSSR count). The molecular weight excluding hydrogens is 592 g/mol. The largest absolute Gasteiger partial charge is 0.466 e. The van der Waals surface area contributed by atoms with Gasteiger partial charge in [0, 0.05) is 77.6 Å². The van der Waals surface area contributed by atoms with Gasteiger partial charge in [0.25, 0.3) is 0 Å². The Balaban J connectivity index is 1.50. The molecule has 0 N–H and O–H groups in total. The number of aryl methyl sites for hydroxylation is 1. The molecule has 0 amide bonds. The van der Waals surface area contributed by atoms with Gasteiger partial charge in [0.05, 0.1) is 13.7 Å². The van der Waals surface area contributed by atoms with Crippen molar-refractivity contribution in [3.05, 3.63) is 126 Å². The van der Waals surface area contributed by atoms with Crippen LogP contribution in [-0.2, 0) is 28.9 Å². The second kappa shape index (κ2) is 15.6. The van der Waals surface area contributed by atoms with Crippen LogP contribution in [0.3, 0.4) is 0 Å². The van der Waals surface area contributed by atoms with Crippen molar-refractivity contribution in [2.24, 2.45) is 11.8 Å². The fraction of sp³-hybridized carbons (Fsp3) is 0.349. The number of hydrogen-bond donors (Lipinski definition) is 0. The third kappa shape index (κ3) is 7.96. The van der Waals surface area contributed by atoms with Crippen molar-refractivity contribution >= 4 is 39.7 Å². The number of carbonyl (C=O) groups excluding carboxylic acids is 2. The first-order chi connectivity index (χ1) is 23.1. The third-order valence-electron chi connectivity index (χ3n) is 9.19. The Bertz CT molecular complexity index is 1780. The minimum atomic E-state index is -0.158. The van der Waals surface area contributed by atoms with E-state index in [4.69, 9.17) is 4.74 Å². The topological polar surface area (TPSA) is 48.3 Å². The molecule has 0 aliphatic heterocycles. The summed E-state index contributed by atoms with van der Waals surface area (Å²) in [5, 5.41) is 0.942. The maximum atomic E-state index is 14.3. The molecule has 0 bridgehead atoms. The number of fused-ring (bicyclic) bond motifs is 1. The Morgan fingerprint density at radius 1 is 0.729 bits per heavy atom. The van der Waals surface area contributed by atoms with Crippen LogP contribution in [0.25, 0.3) is 10.9 Å². The Kier molecular flexibility index (Phi) is 11.3. The SMILES string of the molecule is CCOC(=O)CCCCn1cc(C(=O)c2cccc([N+](C)(c3ccc(CC(C)C)cc3)c3ccc(CC(C)C)cc3)c2)c2ccccc21. The number of rotatable bonds is 15. The number of benzene rings is 4. The van der Waals surface area contributed by atoms with E-state index in [1.54, 1.807) is 0 Å². The van der Waals surface area contributed by atoms with Crippen LogP contribution < -0.4 is 4.48 Å². The van der Waals surface area contributed by atoms with Gasteiger partial charge in [-0.15, -0.1) is 0 Å². The van der Waals surface area contributed by atoms with Crippen LogP contribution in [0.15, 0.2) is 103 Å². The number of nitrogens with zero attached hydrogens (tertiary/aromatic N) is 2. The first-order valence-corrected chi connectivity index (χ1v) is 17.5. The van der Waals surface area contributed by atoms with Crippen molar-refractivity contribution in [3.8, 4) is 0 Å². The molecule has 0 fully saturated rings. The first-order valence-electron chi connectivity index (χ1n) is 17.5. The minimum absolute atomic E-state index is 0.00411. The molecule has 0 radical (unpaired) electrons. The van der Waals surface area contributed by atoms with Crippen LogP contribution in [0.4, 0.5) is 17.1 Å².